The highest BCUT2D eigenvalue weighted by molar-refractivity contribution is 9.15. The molecule has 0 saturated carbocycles. The summed E-state index contributed by atoms with van der Waals surface area (Å²) >= 11 is 15.9. The van der Waals surface area contributed by atoms with E-state index in [1.54, 1.807) is 0 Å². The van der Waals surface area contributed by atoms with Crippen molar-refractivity contribution in [3.8, 4) is 11.5 Å². The Morgan fingerprint density at radius 2 is 0.708 bits per heavy atom. The van der Waals surface area contributed by atoms with Gasteiger partial charge in [-0.1, -0.05) is 0 Å². The molecular formula is C12Br5F5O2. The van der Waals surface area contributed by atoms with Crippen molar-refractivity contribution in [2.45, 2.75) is 0 Å². The van der Waals surface area contributed by atoms with Crippen molar-refractivity contribution in [3.05, 3.63) is 51.4 Å². The molecule has 0 amide bonds. The van der Waals surface area contributed by atoms with E-state index in [0.29, 0.717) is 13.4 Å². The first-order valence-corrected chi connectivity index (χ1v) is 9.43. The van der Waals surface area contributed by atoms with E-state index in [-0.39, 0.29) is 14.7 Å². The largest absolute Gasteiger partial charge is 0.287 e. The van der Waals surface area contributed by atoms with Crippen LogP contribution in [0.5, 0.6) is 11.5 Å². The van der Waals surface area contributed by atoms with Crippen molar-refractivity contribution in [2.24, 2.45) is 0 Å². The molecule has 2 rings (SSSR count). The van der Waals surface area contributed by atoms with Gasteiger partial charge in [-0.2, -0.15) is 8.78 Å². The molecule has 0 saturated heterocycles. The Labute approximate surface area is 173 Å². The van der Waals surface area contributed by atoms with Crippen LogP contribution in [0.4, 0.5) is 22.0 Å². The van der Waals surface area contributed by atoms with Gasteiger partial charge in [0.05, 0.1) is 17.9 Å². The van der Waals surface area contributed by atoms with Crippen molar-refractivity contribution < 1.29 is 31.7 Å². The minimum atomic E-state index is -2.30. The number of hydrogen-bond donors (Lipinski definition) is 0. The Balaban J connectivity index is 2.48. The second kappa shape index (κ2) is 7.77. The molecule has 0 unspecified atom stereocenters. The lowest BCUT2D eigenvalue weighted by molar-refractivity contribution is -0.109. The lowest BCUT2D eigenvalue weighted by Gasteiger charge is -2.14. The quantitative estimate of drug-likeness (QED) is 0.110. The third-order valence-corrected chi connectivity index (χ3v) is 8.57. The molecule has 0 heterocycles. The van der Waals surface area contributed by atoms with Gasteiger partial charge in [-0.3, -0.25) is 9.78 Å². The highest BCUT2D eigenvalue weighted by Gasteiger charge is 2.29. The Kier molecular flexibility index (Phi) is 6.60. The SMILES string of the molecule is Fc1c(F)c(F)c(OOc2c(Br)c(Br)c(Br)c(Br)c2Br)c(F)c1F. The molecule has 130 valence electrons. The molecule has 2 aromatic rings. The highest BCUT2D eigenvalue weighted by Crippen LogP contribution is 2.48. The summed E-state index contributed by atoms with van der Waals surface area (Å²) in [7, 11) is 0. The van der Waals surface area contributed by atoms with E-state index in [2.05, 4.69) is 84.5 Å². The van der Waals surface area contributed by atoms with Gasteiger partial charge >= 0.3 is 0 Å². The molecule has 0 aliphatic rings. The average molecular weight is 671 g/mol. The van der Waals surface area contributed by atoms with E-state index in [0.717, 1.165) is 0 Å². The molecule has 0 spiro atoms. The summed E-state index contributed by atoms with van der Waals surface area (Å²) in [6.07, 6.45) is 0. The molecule has 0 aliphatic carbocycles. The molecule has 0 N–H and O–H groups in total. The minimum Gasteiger partial charge on any atom is -0.287 e. The molecule has 12 heteroatoms. The summed E-state index contributed by atoms with van der Waals surface area (Å²) in [5, 5.41) is 0. The fourth-order valence-corrected chi connectivity index (χ4v) is 4.54. The third-order valence-electron chi connectivity index (χ3n) is 2.55. The summed E-state index contributed by atoms with van der Waals surface area (Å²) in [5.41, 5.74) is 0. The van der Waals surface area contributed by atoms with Crippen LogP contribution in [0.1, 0.15) is 0 Å². The Hall–Kier alpha value is 0.0900. The zero-order valence-electron chi connectivity index (χ0n) is 10.6. The predicted octanol–water partition coefficient (Wildman–Crippen LogP) is 7.57. The summed E-state index contributed by atoms with van der Waals surface area (Å²) in [4.78, 5) is 9.14. The molecule has 0 aromatic heterocycles. The van der Waals surface area contributed by atoms with Gasteiger partial charge in [-0.15, -0.1) is 0 Å². The molecule has 0 bridgehead atoms. The fraction of sp³-hybridized carbons (Fsp3) is 0. The molecule has 0 radical (unpaired) electrons. The maximum absolute atomic E-state index is 13.6. The standard InChI is InChI=1S/C12Br5F5O2/c13-1-2(14)4(16)11(5(17)3(1)15)23-24-12-9(21)7(19)6(18)8(20)10(12)22. The summed E-state index contributed by atoms with van der Waals surface area (Å²) < 4.78 is 68.3. The van der Waals surface area contributed by atoms with E-state index in [4.69, 9.17) is 4.89 Å². The monoisotopic (exact) mass is 666 g/mol. The lowest BCUT2D eigenvalue weighted by atomic mass is 10.3. The van der Waals surface area contributed by atoms with Crippen LogP contribution in [0, 0.1) is 29.1 Å². The zero-order chi connectivity index (χ0) is 18.3. The van der Waals surface area contributed by atoms with Crippen molar-refractivity contribution in [1.29, 1.82) is 0 Å². The van der Waals surface area contributed by atoms with Gasteiger partial charge < -0.3 is 0 Å². The minimum absolute atomic E-state index is 0.124. The number of benzene rings is 2. The fourth-order valence-electron chi connectivity index (χ4n) is 1.40. The van der Waals surface area contributed by atoms with Gasteiger partial charge in [-0.05, 0) is 79.6 Å². The maximum atomic E-state index is 13.6. The van der Waals surface area contributed by atoms with Crippen LogP contribution >= 0.6 is 79.6 Å². The predicted molar refractivity (Wildman–Crippen MR) is 92.4 cm³/mol. The van der Waals surface area contributed by atoms with Crippen LogP contribution in [0.2, 0.25) is 0 Å². The Bertz CT molecular complexity index is 718. The Morgan fingerprint density at radius 3 is 1.12 bits per heavy atom. The second-order valence-corrected chi connectivity index (χ2v) is 7.93. The first-order chi connectivity index (χ1) is 11.1. The smallest absolute Gasteiger partial charge is 0.255 e. The normalized spacial score (nSPS) is 10.9. The van der Waals surface area contributed by atoms with E-state index >= 15 is 0 Å². The molecular weight excluding hydrogens is 671 g/mol. The molecule has 0 aliphatic heterocycles. The zero-order valence-corrected chi connectivity index (χ0v) is 18.5. The van der Waals surface area contributed by atoms with E-state index in [1.807, 2.05) is 0 Å². The molecule has 0 atom stereocenters. The van der Waals surface area contributed by atoms with Crippen molar-refractivity contribution >= 4 is 79.6 Å². The van der Waals surface area contributed by atoms with Gasteiger partial charge in [0.2, 0.25) is 34.8 Å². The van der Waals surface area contributed by atoms with Crippen molar-refractivity contribution in [3.63, 3.8) is 0 Å². The Morgan fingerprint density at radius 1 is 0.417 bits per heavy atom. The number of hydrogen-bond acceptors (Lipinski definition) is 2. The van der Waals surface area contributed by atoms with Gasteiger partial charge in [-0.25, -0.2) is 13.2 Å². The topological polar surface area (TPSA) is 18.5 Å². The van der Waals surface area contributed by atoms with E-state index in [9.17, 15) is 22.0 Å². The summed E-state index contributed by atoms with van der Waals surface area (Å²) in [6, 6.07) is 0. The highest BCUT2D eigenvalue weighted by atomic mass is 79.9. The molecule has 24 heavy (non-hydrogen) atoms. The average Bonchev–Trinajstić information content (AvgIpc) is 2.57. The van der Waals surface area contributed by atoms with Crippen molar-refractivity contribution in [1.82, 2.24) is 0 Å². The number of rotatable bonds is 3. The van der Waals surface area contributed by atoms with Gasteiger partial charge in [0.1, 0.15) is 0 Å². The number of halogens is 10. The van der Waals surface area contributed by atoms with Gasteiger partial charge in [0, 0.05) is 4.47 Å². The maximum Gasteiger partial charge on any atom is 0.255 e. The van der Waals surface area contributed by atoms with Gasteiger partial charge in [0.25, 0.3) is 5.75 Å². The first-order valence-electron chi connectivity index (χ1n) is 5.46. The van der Waals surface area contributed by atoms with Gasteiger partial charge in [0.15, 0.2) is 0 Å². The van der Waals surface area contributed by atoms with Crippen LogP contribution in [-0.2, 0) is 0 Å². The van der Waals surface area contributed by atoms with Crippen molar-refractivity contribution in [2.75, 3.05) is 0 Å². The molecule has 0 fully saturated rings. The van der Waals surface area contributed by atoms with Crippen LogP contribution < -0.4 is 9.78 Å². The van der Waals surface area contributed by atoms with Crippen LogP contribution in [0.3, 0.4) is 0 Å². The lowest BCUT2D eigenvalue weighted by Crippen LogP contribution is -2.10. The molecule has 2 nitrogen and oxygen atoms in total. The third kappa shape index (κ3) is 3.49. The first kappa shape index (κ1) is 20.4. The van der Waals surface area contributed by atoms with E-state index in [1.165, 1.54) is 0 Å². The summed E-state index contributed by atoms with van der Waals surface area (Å²) in [6.45, 7) is 0. The summed E-state index contributed by atoms with van der Waals surface area (Å²) in [5.74, 6) is -12.6. The van der Waals surface area contributed by atoms with Crippen LogP contribution in [0.25, 0.3) is 0 Å². The van der Waals surface area contributed by atoms with E-state index < -0.39 is 34.8 Å². The molecule has 2 aromatic carbocycles. The van der Waals surface area contributed by atoms with Crippen LogP contribution in [-0.4, -0.2) is 0 Å². The second-order valence-electron chi connectivity index (χ2n) is 3.96. The van der Waals surface area contributed by atoms with Crippen LogP contribution in [0.15, 0.2) is 22.4 Å².